The van der Waals surface area contributed by atoms with E-state index in [-0.39, 0.29) is 6.61 Å². The smallest absolute Gasteiger partial charge is 0.205 e. The summed E-state index contributed by atoms with van der Waals surface area (Å²) in [4.78, 5) is 0. The molecule has 31 heavy (non-hydrogen) atoms. The molecule has 0 saturated carbocycles. The molecule has 0 aliphatic heterocycles. The van der Waals surface area contributed by atoms with Gasteiger partial charge in [0.2, 0.25) is 5.82 Å². The molecular weight excluding hydrogens is 410 g/mol. The van der Waals surface area contributed by atoms with E-state index in [0.29, 0.717) is 22.5 Å². The van der Waals surface area contributed by atoms with Crippen molar-refractivity contribution in [3.8, 4) is 23.0 Å². The molecule has 1 atom stereocenters. The molecule has 2 aromatic heterocycles. The number of thioether (sulfide) groups is 1. The highest BCUT2D eigenvalue weighted by molar-refractivity contribution is 7.99. The van der Waals surface area contributed by atoms with Gasteiger partial charge < -0.3 is 14.3 Å². The Kier molecular flexibility index (Phi) is 6.86. The largest absolute Gasteiger partial charge is 0.491 e. The van der Waals surface area contributed by atoms with Crippen LogP contribution in [-0.4, -0.2) is 38.3 Å². The second-order valence-electron chi connectivity index (χ2n) is 6.83. The maximum absolute atomic E-state index is 10.5. The highest BCUT2D eigenvalue weighted by atomic mass is 32.2. The minimum atomic E-state index is -0.672. The van der Waals surface area contributed by atoms with Crippen molar-refractivity contribution in [2.75, 3.05) is 12.4 Å². The maximum atomic E-state index is 10.5. The highest BCUT2D eigenvalue weighted by Crippen LogP contribution is 2.28. The van der Waals surface area contributed by atoms with Crippen LogP contribution < -0.4 is 4.74 Å². The number of hydrogen-bond donors (Lipinski definition) is 1. The van der Waals surface area contributed by atoms with Gasteiger partial charge in [0.05, 0.1) is 12.4 Å². The Hall–Kier alpha value is -3.29. The molecular formula is C24H23N3O3S. The van der Waals surface area contributed by atoms with E-state index in [4.69, 9.17) is 9.15 Å². The number of benzene rings is 2. The first-order chi connectivity index (χ1) is 15.3. The summed E-state index contributed by atoms with van der Waals surface area (Å²) in [6, 6.07) is 21.3. The summed E-state index contributed by atoms with van der Waals surface area (Å²) in [6.07, 6.45) is 3.49. The van der Waals surface area contributed by atoms with Gasteiger partial charge in [-0.05, 0) is 42.3 Å². The highest BCUT2D eigenvalue weighted by Gasteiger charge is 2.19. The van der Waals surface area contributed by atoms with E-state index in [1.54, 1.807) is 6.26 Å². The molecule has 1 N–H and O–H groups in total. The Morgan fingerprint density at radius 2 is 1.87 bits per heavy atom. The van der Waals surface area contributed by atoms with Gasteiger partial charge in [0.1, 0.15) is 12.4 Å². The quantitative estimate of drug-likeness (QED) is 0.286. The molecule has 7 heteroatoms. The van der Waals surface area contributed by atoms with Gasteiger partial charge in [-0.25, -0.2) is 0 Å². The Labute approximate surface area is 185 Å². The van der Waals surface area contributed by atoms with Gasteiger partial charge in [0.25, 0.3) is 0 Å². The van der Waals surface area contributed by atoms with Crippen molar-refractivity contribution in [3.63, 3.8) is 0 Å². The van der Waals surface area contributed by atoms with Crippen LogP contribution in [0.25, 0.3) is 17.3 Å². The van der Waals surface area contributed by atoms with Crippen molar-refractivity contribution in [3.05, 3.63) is 91.2 Å². The Morgan fingerprint density at radius 3 is 2.65 bits per heavy atom. The molecule has 6 nitrogen and oxygen atoms in total. The molecule has 0 saturated heterocycles. The third-order valence-electron chi connectivity index (χ3n) is 4.56. The van der Waals surface area contributed by atoms with Crippen LogP contribution >= 0.6 is 11.8 Å². The second-order valence-corrected chi connectivity index (χ2v) is 7.82. The van der Waals surface area contributed by atoms with Crippen molar-refractivity contribution in [2.24, 2.45) is 0 Å². The minimum Gasteiger partial charge on any atom is -0.491 e. The fourth-order valence-electron chi connectivity index (χ4n) is 3.11. The van der Waals surface area contributed by atoms with Gasteiger partial charge >= 0.3 is 0 Å². The molecule has 0 amide bonds. The summed E-state index contributed by atoms with van der Waals surface area (Å²) < 4.78 is 13.3. The lowest BCUT2D eigenvalue weighted by atomic mass is 10.1. The Morgan fingerprint density at radius 1 is 1.06 bits per heavy atom. The Balaban J connectivity index is 1.46. The van der Waals surface area contributed by atoms with Gasteiger partial charge in [0.15, 0.2) is 10.9 Å². The molecule has 4 rings (SSSR count). The zero-order chi connectivity index (χ0) is 21.5. The number of allylic oxidation sites excluding steroid dienone is 1. The topological polar surface area (TPSA) is 73.3 Å². The molecule has 0 fully saturated rings. The number of aliphatic hydroxyl groups is 1. The van der Waals surface area contributed by atoms with Crippen LogP contribution in [0.15, 0.2) is 95.2 Å². The van der Waals surface area contributed by atoms with Gasteiger partial charge in [-0.1, -0.05) is 54.2 Å². The third-order valence-corrected chi connectivity index (χ3v) is 5.64. The zero-order valence-electron chi connectivity index (χ0n) is 16.9. The first-order valence-electron chi connectivity index (χ1n) is 9.93. The van der Waals surface area contributed by atoms with Crippen LogP contribution in [0.4, 0.5) is 0 Å². The first kappa shape index (κ1) is 21.0. The predicted molar refractivity (Wildman–Crippen MR) is 122 cm³/mol. The van der Waals surface area contributed by atoms with E-state index in [1.807, 2.05) is 77.4 Å². The van der Waals surface area contributed by atoms with Crippen LogP contribution in [-0.2, 0) is 6.42 Å². The van der Waals surface area contributed by atoms with E-state index in [1.165, 1.54) is 11.8 Å². The summed E-state index contributed by atoms with van der Waals surface area (Å²) in [5.74, 6) is 2.42. The van der Waals surface area contributed by atoms with E-state index in [0.717, 1.165) is 23.4 Å². The van der Waals surface area contributed by atoms with Crippen LogP contribution in [0.1, 0.15) is 5.56 Å². The molecule has 2 heterocycles. The average Bonchev–Trinajstić information content (AvgIpc) is 3.47. The number of ether oxygens (including phenoxy) is 1. The van der Waals surface area contributed by atoms with Gasteiger partial charge in [-0.15, -0.1) is 16.8 Å². The molecule has 0 aliphatic carbocycles. The minimum absolute atomic E-state index is 0.186. The molecule has 158 valence electrons. The lowest BCUT2D eigenvalue weighted by Gasteiger charge is -2.14. The van der Waals surface area contributed by atoms with Crippen molar-refractivity contribution in [1.82, 2.24) is 14.8 Å². The van der Waals surface area contributed by atoms with E-state index in [2.05, 4.69) is 16.8 Å². The number of hydrogen-bond acceptors (Lipinski definition) is 6. The van der Waals surface area contributed by atoms with Crippen molar-refractivity contribution in [1.29, 1.82) is 0 Å². The monoisotopic (exact) mass is 433 g/mol. The van der Waals surface area contributed by atoms with Gasteiger partial charge in [-0.3, -0.25) is 4.57 Å². The molecule has 0 aliphatic rings. The van der Waals surface area contributed by atoms with E-state index in [9.17, 15) is 5.11 Å². The van der Waals surface area contributed by atoms with Crippen molar-refractivity contribution < 1.29 is 14.3 Å². The number of nitrogens with zero attached hydrogens (tertiary/aromatic N) is 3. The maximum Gasteiger partial charge on any atom is 0.205 e. The Bertz CT molecular complexity index is 1110. The lowest BCUT2D eigenvalue weighted by Crippen LogP contribution is -2.20. The fraction of sp³-hybridized carbons (Fsp3) is 0.167. The molecule has 0 radical (unpaired) electrons. The van der Waals surface area contributed by atoms with Crippen molar-refractivity contribution in [2.45, 2.75) is 17.7 Å². The number of aliphatic hydroxyl groups excluding tert-OH is 1. The van der Waals surface area contributed by atoms with Gasteiger partial charge in [-0.2, -0.15) is 0 Å². The zero-order valence-corrected chi connectivity index (χ0v) is 17.7. The SMILES string of the molecule is C=CCc1ccccc1OCC(O)CSc1nnc(-c2ccco2)n1-c1ccccc1. The first-order valence-corrected chi connectivity index (χ1v) is 10.9. The van der Waals surface area contributed by atoms with Crippen LogP contribution in [0.2, 0.25) is 0 Å². The molecule has 0 bridgehead atoms. The number of para-hydroxylation sites is 2. The lowest BCUT2D eigenvalue weighted by molar-refractivity contribution is 0.126. The average molecular weight is 434 g/mol. The predicted octanol–water partition coefficient (Wildman–Crippen LogP) is 4.79. The summed E-state index contributed by atoms with van der Waals surface area (Å²) in [5.41, 5.74) is 1.97. The van der Waals surface area contributed by atoms with Crippen LogP contribution in [0.3, 0.4) is 0 Å². The summed E-state index contributed by atoms with van der Waals surface area (Å²) in [6.45, 7) is 3.96. The summed E-state index contributed by atoms with van der Waals surface area (Å²) >= 11 is 1.42. The molecule has 1 unspecified atom stereocenters. The molecule has 2 aromatic carbocycles. The third kappa shape index (κ3) is 5.07. The van der Waals surface area contributed by atoms with Crippen LogP contribution in [0.5, 0.6) is 5.75 Å². The molecule has 0 spiro atoms. The van der Waals surface area contributed by atoms with E-state index < -0.39 is 6.10 Å². The number of furan rings is 1. The second kappa shape index (κ2) is 10.1. The summed E-state index contributed by atoms with van der Waals surface area (Å²) in [5, 5.41) is 19.8. The normalized spacial score (nSPS) is 11.9. The fourth-order valence-corrected chi connectivity index (χ4v) is 3.97. The standard InChI is InChI=1S/C24H23N3O3S/c1-2-9-18-10-6-7-13-21(18)30-16-20(28)17-31-24-26-25-23(22-14-8-15-29-22)27(24)19-11-4-3-5-12-19/h2-8,10-15,20,28H,1,9,16-17H2. The number of aromatic nitrogens is 3. The molecule has 4 aromatic rings. The number of rotatable bonds is 10. The van der Waals surface area contributed by atoms with Gasteiger partial charge in [0, 0.05) is 11.4 Å². The van der Waals surface area contributed by atoms with Crippen LogP contribution in [0, 0.1) is 0 Å². The summed E-state index contributed by atoms with van der Waals surface area (Å²) in [7, 11) is 0. The van der Waals surface area contributed by atoms with E-state index >= 15 is 0 Å². The van der Waals surface area contributed by atoms with Crippen molar-refractivity contribution >= 4 is 11.8 Å².